The van der Waals surface area contributed by atoms with Crippen LogP contribution in [0.1, 0.15) is 0 Å². The van der Waals surface area contributed by atoms with Gasteiger partial charge in [-0.05, 0) is 38.1 Å². The first kappa shape index (κ1) is 8.57. The van der Waals surface area contributed by atoms with Gasteiger partial charge in [-0.15, -0.1) is 9.33 Å². The van der Waals surface area contributed by atoms with E-state index in [-0.39, 0.29) is 9.33 Å². The number of hydrogen-bond acceptors (Lipinski definition) is 0. The molecule has 70 valence electrons. The molecule has 0 amide bonds. The van der Waals surface area contributed by atoms with Crippen LogP contribution in [0.2, 0.25) is 0 Å². The van der Waals surface area contributed by atoms with Crippen LogP contribution in [-0.4, -0.2) is 0 Å². The molecule has 1 aliphatic heterocycles. The van der Waals surface area contributed by atoms with Crippen molar-refractivity contribution in [3.8, 4) is 11.1 Å². The summed E-state index contributed by atoms with van der Waals surface area (Å²) in [7, 11) is -0.284. The van der Waals surface area contributed by atoms with Gasteiger partial charge in [0.2, 0.25) is 0 Å². The minimum Gasteiger partial charge on any atom is -0.140 e. The van der Waals surface area contributed by atoms with E-state index in [9.17, 15) is 0 Å². The molecule has 0 spiro atoms. The Morgan fingerprint density at radius 1 is 0.714 bits per heavy atom. The number of halogens is 1. The number of hydrogen-bond donors (Lipinski definition) is 1. The average molecular weight is 265 g/mol. The van der Waals surface area contributed by atoms with Crippen LogP contribution in [0, 0.1) is 0 Å². The molecule has 0 aromatic heterocycles. The first-order chi connectivity index (χ1) is 6.88. The third kappa shape index (κ3) is 1.07. The van der Waals surface area contributed by atoms with Gasteiger partial charge in [0.05, 0.1) is 0 Å². The van der Waals surface area contributed by atoms with Crippen molar-refractivity contribution in [2.45, 2.75) is 9.79 Å². The Balaban J connectivity index is 2.36. The van der Waals surface area contributed by atoms with E-state index in [0.717, 1.165) is 0 Å². The minimum absolute atomic E-state index is 0.284. The molecule has 1 heterocycles. The van der Waals surface area contributed by atoms with Crippen molar-refractivity contribution in [3.63, 3.8) is 0 Å². The molecule has 0 unspecified atom stereocenters. The Morgan fingerprint density at radius 2 is 1.14 bits per heavy atom. The van der Waals surface area contributed by atoms with E-state index in [1.54, 1.807) is 0 Å². The average Bonchev–Trinajstić information content (AvgIpc) is 2.55. The smallest absolute Gasteiger partial charge is 0.00876 e. The summed E-state index contributed by atoms with van der Waals surface area (Å²) in [5, 5.41) is 0. The summed E-state index contributed by atoms with van der Waals surface area (Å²) >= 11 is 3.80. The topological polar surface area (TPSA) is 0 Å². The van der Waals surface area contributed by atoms with Crippen LogP contribution in [0.15, 0.2) is 58.3 Å². The van der Waals surface area contributed by atoms with Gasteiger partial charge >= 0.3 is 0 Å². The number of thiol groups is 1. The Morgan fingerprint density at radius 3 is 1.64 bits per heavy atom. The Labute approximate surface area is 93.5 Å². The highest BCUT2D eigenvalue weighted by Gasteiger charge is 2.22. The lowest BCUT2D eigenvalue weighted by Gasteiger charge is -2.07. The fraction of sp³-hybridized carbons (Fsp3) is 0. The van der Waals surface area contributed by atoms with Crippen LogP contribution < -0.4 is 0 Å². The van der Waals surface area contributed by atoms with Gasteiger partial charge in [0.1, 0.15) is 0 Å². The fourth-order valence-electron chi connectivity index (χ4n) is 1.87. The first-order valence-electron chi connectivity index (χ1n) is 4.52. The standard InChI is InChI=1S/C12H9BrS/c13-14-11-7-3-1-5-9(11)10-6-2-4-8-12(10)14/h1-8,14H. The van der Waals surface area contributed by atoms with Gasteiger partial charge in [0, 0.05) is 9.79 Å². The molecular weight excluding hydrogens is 256 g/mol. The van der Waals surface area contributed by atoms with Crippen molar-refractivity contribution in [2.24, 2.45) is 0 Å². The van der Waals surface area contributed by atoms with Gasteiger partial charge < -0.3 is 0 Å². The van der Waals surface area contributed by atoms with Gasteiger partial charge in [0.25, 0.3) is 0 Å². The highest BCUT2D eigenvalue weighted by Crippen LogP contribution is 2.62. The molecule has 3 rings (SSSR count). The molecular formula is C12H9BrS. The molecule has 1 aliphatic rings. The van der Waals surface area contributed by atoms with Crippen molar-refractivity contribution >= 4 is 24.1 Å². The monoisotopic (exact) mass is 264 g/mol. The maximum atomic E-state index is 3.80. The second-order valence-corrected chi connectivity index (χ2v) is 6.97. The third-order valence-electron chi connectivity index (χ3n) is 2.52. The van der Waals surface area contributed by atoms with Gasteiger partial charge in [0.15, 0.2) is 0 Å². The lowest BCUT2D eigenvalue weighted by molar-refractivity contribution is 1.45. The summed E-state index contributed by atoms with van der Waals surface area (Å²) in [5.74, 6) is 0. The highest BCUT2D eigenvalue weighted by atomic mass is 79.9. The molecule has 2 heteroatoms. The van der Waals surface area contributed by atoms with Crippen LogP contribution >= 0.6 is 24.1 Å². The molecule has 0 saturated carbocycles. The Bertz CT molecular complexity index is 448. The minimum atomic E-state index is -0.284. The largest absolute Gasteiger partial charge is 0.140 e. The van der Waals surface area contributed by atoms with Gasteiger partial charge in [-0.1, -0.05) is 36.4 Å². The zero-order chi connectivity index (χ0) is 9.54. The van der Waals surface area contributed by atoms with E-state index in [1.165, 1.54) is 20.9 Å². The molecule has 14 heavy (non-hydrogen) atoms. The Hall–Kier alpha value is -0.730. The molecule has 0 fully saturated rings. The quantitative estimate of drug-likeness (QED) is 0.671. The van der Waals surface area contributed by atoms with Gasteiger partial charge in [-0.3, -0.25) is 0 Å². The van der Waals surface area contributed by atoms with Gasteiger partial charge in [-0.2, -0.15) is 0 Å². The predicted octanol–water partition coefficient (Wildman–Crippen LogP) is 4.40. The van der Waals surface area contributed by atoms with E-state index < -0.39 is 0 Å². The molecule has 0 radical (unpaired) electrons. The molecule has 0 bridgehead atoms. The van der Waals surface area contributed by atoms with E-state index in [1.807, 2.05) is 0 Å². The summed E-state index contributed by atoms with van der Waals surface area (Å²) in [6, 6.07) is 17.3. The molecule has 0 nitrogen and oxygen atoms in total. The second-order valence-electron chi connectivity index (χ2n) is 3.32. The molecule has 0 saturated heterocycles. The maximum absolute atomic E-state index is 3.80. The fourth-order valence-corrected chi connectivity index (χ4v) is 5.24. The van der Waals surface area contributed by atoms with Crippen molar-refractivity contribution in [1.29, 1.82) is 0 Å². The zero-order valence-electron chi connectivity index (χ0n) is 7.44. The first-order valence-corrected chi connectivity index (χ1v) is 7.88. The van der Waals surface area contributed by atoms with Gasteiger partial charge in [-0.25, -0.2) is 0 Å². The highest BCUT2D eigenvalue weighted by molar-refractivity contribution is 9.54. The van der Waals surface area contributed by atoms with Crippen molar-refractivity contribution in [1.82, 2.24) is 0 Å². The van der Waals surface area contributed by atoms with Crippen LogP contribution in [0.3, 0.4) is 0 Å². The zero-order valence-corrected chi connectivity index (χ0v) is 9.92. The third-order valence-corrected chi connectivity index (χ3v) is 6.44. The molecule has 0 N–H and O–H groups in total. The number of fused-ring (bicyclic) bond motifs is 3. The summed E-state index contributed by atoms with van der Waals surface area (Å²) in [6.07, 6.45) is 0. The molecule has 2 aromatic carbocycles. The molecule has 0 atom stereocenters. The van der Waals surface area contributed by atoms with Crippen LogP contribution in [0.25, 0.3) is 11.1 Å². The lowest BCUT2D eigenvalue weighted by atomic mass is 10.1. The van der Waals surface area contributed by atoms with Crippen molar-refractivity contribution in [2.75, 3.05) is 0 Å². The number of benzene rings is 2. The molecule has 2 aromatic rings. The summed E-state index contributed by atoms with van der Waals surface area (Å²) in [6.45, 7) is 0. The summed E-state index contributed by atoms with van der Waals surface area (Å²) in [4.78, 5) is 2.90. The van der Waals surface area contributed by atoms with E-state index >= 15 is 0 Å². The van der Waals surface area contributed by atoms with E-state index in [2.05, 4.69) is 63.3 Å². The maximum Gasteiger partial charge on any atom is 0.00876 e. The van der Waals surface area contributed by atoms with Crippen LogP contribution in [0.4, 0.5) is 0 Å². The van der Waals surface area contributed by atoms with E-state index in [0.29, 0.717) is 0 Å². The molecule has 0 aliphatic carbocycles. The normalized spacial score (nSPS) is 15.1. The van der Waals surface area contributed by atoms with Crippen LogP contribution in [-0.2, 0) is 0 Å². The number of rotatable bonds is 0. The predicted molar refractivity (Wildman–Crippen MR) is 66.3 cm³/mol. The van der Waals surface area contributed by atoms with Crippen molar-refractivity contribution < 1.29 is 0 Å². The van der Waals surface area contributed by atoms with Crippen LogP contribution in [0.5, 0.6) is 0 Å². The van der Waals surface area contributed by atoms with Crippen molar-refractivity contribution in [3.05, 3.63) is 48.5 Å². The van der Waals surface area contributed by atoms with E-state index in [4.69, 9.17) is 0 Å². The lowest BCUT2D eigenvalue weighted by Crippen LogP contribution is -1.73. The SMILES string of the molecule is Br[SH]1c2ccccc2-c2ccccc21. The Kier molecular flexibility index (Phi) is 1.92. The summed E-state index contributed by atoms with van der Waals surface area (Å²) in [5.41, 5.74) is 2.79. The summed E-state index contributed by atoms with van der Waals surface area (Å²) < 4.78 is 0. The second kappa shape index (κ2) is 3.14.